The fourth-order valence-corrected chi connectivity index (χ4v) is 4.69. The smallest absolute Gasteiger partial charge is 0.323 e. The molecule has 0 spiro atoms. The van der Waals surface area contributed by atoms with Gasteiger partial charge in [-0.15, -0.1) is 9.78 Å². The number of nitrogens with two attached hydrogens (primary N) is 1. The number of hydrogen-bond acceptors (Lipinski definition) is 9. The average molecular weight is 537 g/mol. The van der Waals surface area contributed by atoms with Crippen molar-refractivity contribution in [2.24, 2.45) is 5.73 Å². The second kappa shape index (κ2) is 11.8. The van der Waals surface area contributed by atoms with Crippen molar-refractivity contribution in [1.29, 1.82) is 0 Å². The highest BCUT2D eigenvalue weighted by atomic mass is 16.5. The number of morpholine rings is 1. The Hall–Kier alpha value is -4.03. The van der Waals surface area contributed by atoms with Gasteiger partial charge in [0.15, 0.2) is 5.82 Å². The lowest BCUT2D eigenvalue weighted by Crippen LogP contribution is -2.48. The maximum atomic E-state index is 13.3. The summed E-state index contributed by atoms with van der Waals surface area (Å²) in [5.74, 6) is -0.169. The molecule has 0 radical (unpaired) electrons. The number of amides is 2. The number of carbonyl (C=O) groups excluding carboxylic acids is 3. The van der Waals surface area contributed by atoms with Crippen molar-refractivity contribution in [3.05, 3.63) is 64.9 Å². The van der Waals surface area contributed by atoms with Crippen LogP contribution in [0.25, 0.3) is 0 Å². The van der Waals surface area contributed by atoms with Gasteiger partial charge in [0.25, 0.3) is 5.91 Å². The molecule has 2 aliphatic rings. The van der Waals surface area contributed by atoms with Crippen molar-refractivity contribution in [3.8, 4) is 6.01 Å². The Bertz CT molecular complexity index is 1330. The third kappa shape index (κ3) is 6.02. The van der Waals surface area contributed by atoms with Crippen LogP contribution in [0.5, 0.6) is 6.01 Å². The minimum atomic E-state index is -0.437. The lowest BCUT2D eigenvalue weighted by atomic mass is 9.95. The highest BCUT2D eigenvalue weighted by Crippen LogP contribution is 2.29. The lowest BCUT2D eigenvalue weighted by molar-refractivity contribution is -0.144. The Kier molecular flexibility index (Phi) is 8.03. The summed E-state index contributed by atoms with van der Waals surface area (Å²) in [6.45, 7) is 4.84. The molecule has 2 aliphatic heterocycles. The van der Waals surface area contributed by atoms with Crippen molar-refractivity contribution in [1.82, 2.24) is 24.6 Å². The summed E-state index contributed by atoms with van der Waals surface area (Å²) >= 11 is 0. The molecular formula is C27H32N6O6. The number of hydrogen-bond donors (Lipinski definition) is 1. The van der Waals surface area contributed by atoms with E-state index in [1.54, 1.807) is 22.8 Å². The van der Waals surface area contributed by atoms with Crippen LogP contribution in [-0.4, -0.2) is 81.7 Å². The van der Waals surface area contributed by atoms with Gasteiger partial charge in [-0.2, -0.15) is 4.98 Å². The summed E-state index contributed by atoms with van der Waals surface area (Å²) in [5, 5.41) is 4.48. The van der Waals surface area contributed by atoms with Gasteiger partial charge in [0, 0.05) is 38.5 Å². The summed E-state index contributed by atoms with van der Waals surface area (Å²) < 4.78 is 17.7. The Morgan fingerprint density at radius 1 is 1.10 bits per heavy atom. The zero-order valence-electron chi connectivity index (χ0n) is 21.9. The molecule has 2 fully saturated rings. The van der Waals surface area contributed by atoms with Crippen LogP contribution in [0.1, 0.15) is 51.8 Å². The highest BCUT2D eigenvalue weighted by Gasteiger charge is 2.33. The SMILES string of the molecule is Cc1occc1C(=O)n1nc(C2CCN(CC(=O)N3CCOCC3)C(=O)C2)nc1OCc1ccc(CN)cc1. The number of piperidine rings is 1. The molecule has 12 nitrogen and oxygen atoms in total. The molecule has 2 aromatic heterocycles. The minimum absolute atomic E-state index is 0.0378. The topological polar surface area (TPSA) is 146 Å². The first-order valence-electron chi connectivity index (χ1n) is 13.0. The number of likely N-dealkylation sites (tertiary alicyclic amines) is 1. The van der Waals surface area contributed by atoms with Crippen LogP contribution in [0, 0.1) is 6.92 Å². The highest BCUT2D eigenvalue weighted by molar-refractivity contribution is 5.96. The largest absolute Gasteiger partial charge is 0.469 e. The van der Waals surface area contributed by atoms with E-state index in [0.717, 1.165) is 15.8 Å². The first kappa shape index (κ1) is 26.6. The molecule has 0 bridgehead atoms. The number of aryl methyl sites for hydroxylation is 1. The number of aromatic nitrogens is 3. The van der Waals surface area contributed by atoms with E-state index >= 15 is 0 Å². The molecular weight excluding hydrogens is 504 g/mol. The van der Waals surface area contributed by atoms with Crippen LogP contribution in [-0.2, 0) is 27.5 Å². The van der Waals surface area contributed by atoms with Crippen LogP contribution in [0.3, 0.4) is 0 Å². The van der Waals surface area contributed by atoms with E-state index in [0.29, 0.717) is 63.0 Å². The van der Waals surface area contributed by atoms with Crippen LogP contribution in [0.15, 0.2) is 41.0 Å². The first-order chi connectivity index (χ1) is 18.9. The Balaban J connectivity index is 1.30. The third-order valence-electron chi connectivity index (χ3n) is 7.08. The Labute approximate surface area is 225 Å². The van der Waals surface area contributed by atoms with Crippen molar-refractivity contribution in [2.45, 2.75) is 38.8 Å². The molecule has 1 aromatic carbocycles. The van der Waals surface area contributed by atoms with Crippen LogP contribution in [0.4, 0.5) is 0 Å². The van der Waals surface area contributed by atoms with Gasteiger partial charge in [-0.1, -0.05) is 24.3 Å². The van der Waals surface area contributed by atoms with Crippen molar-refractivity contribution < 1.29 is 28.3 Å². The second-order valence-corrected chi connectivity index (χ2v) is 9.67. The zero-order chi connectivity index (χ0) is 27.4. The standard InChI is InChI=1S/C27H32N6O6/c1-18-22(7-11-38-18)26(36)33-27(39-17-20-4-2-19(15-28)3-5-20)29-25(30-33)21-6-8-32(23(34)14-21)16-24(35)31-9-12-37-13-10-31/h2-5,7,11,21H,6,8-10,12-17,28H2,1H3. The minimum Gasteiger partial charge on any atom is -0.469 e. The molecule has 5 rings (SSSR count). The summed E-state index contributed by atoms with van der Waals surface area (Å²) in [6.07, 6.45) is 2.14. The molecule has 1 unspecified atom stereocenters. The number of rotatable bonds is 8. The van der Waals surface area contributed by atoms with Crippen molar-refractivity contribution in [2.75, 3.05) is 39.4 Å². The van der Waals surface area contributed by atoms with Crippen LogP contribution < -0.4 is 10.5 Å². The number of furan rings is 1. The van der Waals surface area contributed by atoms with Crippen molar-refractivity contribution >= 4 is 17.7 Å². The molecule has 3 aromatic rings. The molecule has 2 saturated heterocycles. The van der Waals surface area contributed by atoms with Gasteiger partial charge in [-0.3, -0.25) is 14.4 Å². The van der Waals surface area contributed by atoms with Gasteiger partial charge >= 0.3 is 6.01 Å². The summed E-state index contributed by atoms with van der Waals surface area (Å²) in [5.41, 5.74) is 7.90. The molecule has 2 amide bonds. The molecule has 1 atom stereocenters. The van der Waals surface area contributed by atoms with Gasteiger partial charge in [0.2, 0.25) is 11.8 Å². The quantitative estimate of drug-likeness (QED) is 0.452. The van der Waals surface area contributed by atoms with E-state index in [4.69, 9.17) is 19.6 Å². The van der Waals surface area contributed by atoms with Gasteiger partial charge in [0.1, 0.15) is 12.4 Å². The van der Waals surface area contributed by atoms with Crippen molar-refractivity contribution in [3.63, 3.8) is 0 Å². The number of benzene rings is 1. The van der Waals surface area contributed by atoms with Gasteiger partial charge in [-0.25, -0.2) is 0 Å². The van der Waals surface area contributed by atoms with Gasteiger partial charge < -0.3 is 29.4 Å². The molecule has 0 aliphatic carbocycles. The lowest BCUT2D eigenvalue weighted by Gasteiger charge is -2.33. The predicted octanol–water partition coefficient (Wildman–Crippen LogP) is 1.47. The maximum absolute atomic E-state index is 13.3. The summed E-state index contributed by atoms with van der Waals surface area (Å²) in [6, 6.07) is 9.24. The Morgan fingerprint density at radius 3 is 2.51 bits per heavy atom. The fourth-order valence-electron chi connectivity index (χ4n) is 4.69. The molecule has 0 saturated carbocycles. The predicted molar refractivity (Wildman–Crippen MR) is 138 cm³/mol. The maximum Gasteiger partial charge on any atom is 0.323 e. The first-order valence-corrected chi connectivity index (χ1v) is 13.0. The number of nitrogens with zero attached hydrogens (tertiary/aromatic N) is 5. The van der Waals surface area contributed by atoms with Gasteiger partial charge in [0.05, 0.1) is 31.6 Å². The van der Waals surface area contributed by atoms with Crippen LogP contribution >= 0.6 is 0 Å². The van der Waals surface area contributed by atoms with E-state index in [-0.39, 0.29) is 43.3 Å². The molecule has 2 N–H and O–H groups in total. The number of ether oxygens (including phenoxy) is 2. The summed E-state index contributed by atoms with van der Waals surface area (Å²) in [4.78, 5) is 46.7. The van der Waals surface area contributed by atoms with E-state index in [9.17, 15) is 14.4 Å². The molecule has 4 heterocycles. The fraction of sp³-hybridized carbons (Fsp3) is 0.444. The summed E-state index contributed by atoms with van der Waals surface area (Å²) in [7, 11) is 0. The monoisotopic (exact) mass is 536 g/mol. The van der Waals surface area contributed by atoms with Crippen LogP contribution in [0.2, 0.25) is 0 Å². The van der Waals surface area contributed by atoms with E-state index < -0.39 is 5.91 Å². The normalized spacial score (nSPS) is 17.9. The molecule has 39 heavy (non-hydrogen) atoms. The third-order valence-corrected chi connectivity index (χ3v) is 7.08. The van der Waals surface area contributed by atoms with E-state index in [2.05, 4.69) is 10.1 Å². The second-order valence-electron chi connectivity index (χ2n) is 9.67. The molecule has 206 valence electrons. The van der Waals surface area contributed by atoms with E-state index in [1.807, 2.05) is 24.3 Å². The molecule has 12 heteroatoms. The Morgan fingerprint density at radius 2 is 1.85 bits per heavy atom. The zero-order valence-corrected chi connectivity index (χ0v) is 21.9. The van der Waals surface area contributed by atoms with Gasteiger partial charge in [-0.05, 0) is 30.5 Å². The average Bonchev–Trinajstić information content (AvgIpc) is 3.59. The number of carbonyl (C=O) groups is 3. The van der Waals surface area contributed by atoms with E-state index in [1.165, 1.54) is 6.26 Å².